The molecule has 0 amide bonds. The lowest BCUT2D eigenvalue weighted by Gasteiger charge is -2.02. The van der Waals surface area contributed by atoms with Gasteiger partial charge >= 0.3 is 0 Å². The van der Waals surface area contributed by atoms with E-state index in [1.165, 1.54) is 0 Å². The van der Waals surface area contributed by atoms with Crippen LogP contribution in [0.25, 0.3) is 22.5 Å². The first-order valence-electron chi connectivity index (χ1n) is 5.79. The van der Waals surface area contributed by atoms with E-state index in [9.17, 15) is 0 Å². The van der Waals surface area contributed by atoms with Crippen molar-refractivity contribution in [2.24, 2.45) is 7.05 Å². The molecular formula is C14H11BrN4. The normalized spacial score (nSPS) is 10.6. The molecule has 0 aliphatic heterocycles. The Kier molecular flexibility index (Phi) is 3.13. The molecule has 3 rings (SSSR count). The lowest BCUT2D eigenvalue weighted by atomic mass is 10.1. The van der Waals surface area contributed by atoms with Crippen LogP contribution in [0.2, 0.25) is 0 Å². The quantitative estimate of drug-likeness (QED) is 0.729. The monoisotopic (exact) mass is 314 g/mol. The molecule has 19 heavy (non-hydrogen) atoms. The minimum absolute atomic E-state index is 0.911. The standard InChI is InChI=1S/C14H11BrN4/c1-19-9-11(7-18-19)14-4-2-10(6-16-14)13-5-3-12(15)8-17-13/h2-9H,1H3. The van der Waals surface area contributed by atoms with Gasteiger partial charge in [-0.25, -0.2) is 0 Å². The number of halogens is 1. The summed E-state index contributed by atoms with van der Waals surface area (Å²) >= 11 is 3.38. The van der Waals surface area contributed by atoms with Crippen molar-refractivity contribution in [2.75, 3.05) is 0 Å². The van der Waals surface area contributed by atoms with Crippen molar-refractivity contribution >= 4 is 15.9 Å². The molecule has 0 saturated heterocycles. The average molecular weight is 315 g/mol. The molecule has 0 fully saturated rings. The molecule has 0 unspecified atom stereocenters. The predicted molar refractivity (Wildman–Crippen MR) is 77.4 cm³/mol. The molecule has 3 heterocycles. The van der Waals surface area contributed by atoms with E-state index in [1.54, 1.807) is 17.1 Å². The summed E-state index contributed by atoms with van der Waals surface area (Å²) in [4.78, 5) is 8.81. The Hall–Kier alpha value is -2.01. The van der Waals surface area contributed by atoms with E-state index < -0.39 is 0 Å². The highest BCUT2D eigenvalue weighted by Gasteiger charge is 2.04. The molecule has 0 N–H and O–H groups in total. The summed E-state index contributed by atoms with van der Waals surface area (Å²) in [5.74, 6) is 0. The summed E-state index contributed by atoms with van der Waals surface area (Å²) in [7, 11) is 1.89. The van der Waals surface area contributed by atoms with Crippen LogP contribution in [-0.2, 0) is 7.05 Å². The van der Waals surface area contributed by atoms with Crippen molar-refractivity contribution in [3.05, 3.63) is 53.5 Å². The highest BCUT2D eigenvalue weighted by molar-refractivity contribution is 9.10. The molecule has 3 aromatic rings. The Labute approximate surface area is 119 Å². The molecular weight excluding hydrogens is 304 g/mol. The number of nitrogens with zero attached hydrogens (tertiary/aromatic N) is 4. The first kappa shape index (κ1) is 12.0. The summed E-state index contributed by atoms with van der Waals surface area (Å²) in [5, 5.41) is 4.14. The molecule has 0 spiro atoms. The van der Waals surface area contributed by atoms with Gasteiger partial charge in [0.2, 0.25) is 0 Å². The second-order valence-electron chi connectivity index (χ2n) is 4.20. The Morgan fingerprint density at radius 3 is 2.21 bits per heavy atom. The van der Waals surface area contributed by atoms with Gasteiger partial charge in [-0.3, -0.25) is 14.6 Å². The molecule has 0 bridgehead atoms. The molecule has 0 saturated carbocycles. The third-order valence-electron chi connectivity index (χ3n) is 2.79. The fraction of sp³-hybridized carbons (Fsp3) is 0.0714. The zero-order valence-electron chi connectivity index (χ0n) is 10.3. The molecule has 0 aliphatic carbocycles. The van der Waals surface area contributed by atoms with Crippen LogP contribution in [-0.4, -0.2) is 19.7 Å². The van der Waals surface area contributed by atoms with Gasteiger partial charge in [0.1, 0.15) is 0 Å². The number of aryl methyl sites for hydroxylation is 1. The summed E-state index contributed by atoms with van der Waals surface area (Å²) in [6, 6.07) is 7.93. The summed E-state index contributed by atoms with van der Waals surface area (Å²) in [6.07, 6.45) is 7.36. The van der Waals surface area contributed by atoms with Crippen molar-refractivity contribution in [1.29, 1.82) is 0 Å². The maximum Gasteiger partial charge on any atom is 0.0733 e. The van der Waals surface area contributed by atoms with E-state index in [0.29, 0.717) is 0 Å². The smallest absolute Gasteiger partial charge is 0.0733 e. The first-order chi connectivity index (χ1) is 9.22. The number of hydrogen-bond donors (Lipinski definition) is 0. The second kappa shape index (κ2) is 4.93. The van der Waals surface area contributed by atoms with Gasteiger partial charge in [-0.15, -0.1) is 0 Å². The molecule has 5 heteroatoms. The Balaban J connectivity index is 1.92. The highest BCUT2D eigenvalue weighted by atomic mass is 79.9. The minimum Gasteiger partial charge on any atom is -0.275 e. The average Bonchev–Trinajstić information content (AvgIpc) is 2.87. The molecule has 0 aromatic carbocycles. The predicted octanol–water partition coefficient (Wildman–Crippen LogP) is 3.31. The van der Waals surface area contributed by atoms with E-state index in [0.717, 1.165) is 27.0 Å². The van der Waals surface area contributed by atoms with Gasteiger partial charge < -0.3 is 0 Å². The largest absolute Gasteiger partial charge is 0.275 e. The topological polar surface area (TPSA) is 43.6 Å². The van der Waals surface area contributed by atoms with E-state index in [2.05, 4.69) is 31.0 Å². The van der Waals surface area contributed by atoms with Crippen molar-refractivity contribution in [3.63, 3.8) is 0 Å². The third kappa shape index (κ3) is 2.56. The van der Waals surface area contributed by atoms with Crippen molar-refractivity contribution < 1.29 is 0 Å². The number of pyridine rings is 2. The van der Waals surface area contributed by atoms with Crippen LogP contribution in [0.1, 0.15) is 0 Å². The Morgan fingerprint density at radius 1 is 0.895 bits per heavy atom. The van der Waals surface area contributed by atoms with Crippen LogP contribution >= 0.6 is 15.9 Å². The van der Waals surface area contributed by atoms with Crippen molar-refractivity contribution in [2.45, 2.75) is 0 Å². The van der Waals surface area contributed by atoms with Crippen molar-refractivity contribution in [3.8, 4) is 22.5 Å². The minimum atomic E-state index is 0.911. The lowest BCUT2D eigenvalue weighted by molar-refractivity contribution is 0.768. The SMILES string of the molecule is Cn1cc(-c2ccc(-c3ccc(Br)cn3)cn2)cn1. The van der Waals surface area contributed by atoms with E-state index in [-0.39, 0.29) is 0 Å². The van der Waals surface area contributed by atoms with Gasteiger partial charge in [0.05, 0.1) is 17.6 Å². The third-order valence-corrected chi connectivity index (χ3v) is 3.26. The van der Waals surface area contributed by atoms with Crippen LogP contribution in [0.4, 0.5) is 0 Å². The van der Waals surface area contributed by atoms with Crippen LogP contribution < -0.4 is 0 Å². The molecule has 0 radical (unpaired) electrons. The van der Waals surface area contributed by atoms with Crippen molar-refractivity contribution in [1.82, 2.24) is 19.7 Å². The van der Waals surface area contributed by atoms with Crippen LogP contribution in [0.3, 0.4) is 0 Å². The lowest BCUT2D eigenvalue weighted by Crippen LogP contribution is -1.87. The zero-order chi connectivity index (χ0) is 13.2. The molecule has 0 aliphatic rings. The van der Waals surface area contributed by atoms with Gasteiger partial charge in [-0.05, 0) is 40.2 Å². The van der Waals surface area contributed by atoms with Gasteiger partial charge in [-0.1, -0.05) is 0 Å². The molecule has 94 valence electrons. The van der Waals surface area contributed by atoms with Crippen LogP contribution in [0.5, 0.6) is 0 Å². The van der Waals surface area contributed by atoms with Gasteiger partial charge in [-0.2, -0.15) is 5.10 Å². The maximum atomic E-state index is 4.46. The van der Waals surface area contributed by atoms with Gasteiger partial charge in [0.15, 0.2) is 0 Å². The van der Waals surface area contributed by atoms with E-state index in [1.807, 2.05) is 43.7 Å². The number of rotatable bonds is 2. The molecule has 3 aromatic heterocycles. The fourth-order valence-electron chi connectivity index (χ4n) is 1.82. The summed E-state index contributed by atoms with van der Waals surface area (Å²) < 4.78 is 2.73. The molecule has 0 atom stereocenters. The second-order valence-corrected chi connectivity index (χ2v) is 5.11. The van der Waals surface area contributed by atoms with Gasteiger partial charge in [0, 0.05) is 41.2 Å². The number of aromatic nitrogens is 4. The molecule has 4 nitrogen and oxygen atoms in total. The van der Waals surface area contributed by atoms with Gasteiger partial charge in [0.25, 0.3) is 0 Å². The Morgan fingerprint density at radius 2 is 1.63 bits per heavy atom. The first-order valence-corrected chi connectivity index (χ1v) is 6.59. The van der Waals surface area contributed by atoms with E-state index in [4.69, 9.17) is 0 Å². The fourth-order valence-corrected chi connectivity index (χ4v) is 2.05. The summed E-state index contributed by atoms with van der Waals surface area (Å²) in [5.41, 5.74) is 3.83. The van der Waals surface area contributed by atoms with Crippen LogP contribution in [0, 0.1) is 0 Å². The maximum absolute atomic E-state index is 4.46. The zero-order valence-corrected chi connectivity index (χ0v) is 11.9. The van der Waals surface area contributed by atoms with Crippen LogP contribution in [0.15, 0.2) is 53.5 Å². The highest BCUT2D eigenvalue weighted by Crippen LogP contribution is 2.21. The summed E-state index contributed by atoms with van der Waals surface area (Å²) in [6.45, 7) is 0. The van der Waals surface area contributed by atoms with E-state index >= 15 is 0 Å². The number of hydrogen-bond acceptors (Lipinski definition) is 3. The Bertz CT molecular complexity index is 686.